The van der Waals surface area contributed by atoms with Gasteiger partial charge in [0.2, 0.25) is 5.91 Å². The smallest absolute Gasteiger partial charge is 0.309 e. The lowest BCUT2D eigenvalue weighted by Gasteiger charge is -2.41. The van der Waals surface area contributed by atoms with Gasteiger partial charge in [-0.3, -0.25) is 9.59 Å². The molecule has 6 nitrogen and oxygen atoms in total. The van der Waals surface area contributed by atoms with Crippen LogP contribution in [0.2, 0.25) is 0 Å². The summed E-state index contributed by atoms with van der Waals surface area (Å²) in [5.41, 5.74) is -0.866. The number of carbonyl (C=O) groups is 2. The molecule has 0 saturated carbocycles. The molecular formula is C15H26N2O4. The van der Waals surface area contributed by atoms with Crippen molar-refractivity contribution in [2.75, 3.05) is 32.8 Å². The van der Waals surface area contributed by atoms with Crippen LogP contribution < -0.4 is 5.32 Å². The predicted molar refractivity (Wildman–Crippen MR) is 78.0 cm³/mol. The molecule has 2 rings (SSSR count). The molecule has 2 heterocycles. The van der Waals surface area contributed by atoms with Crippen LogP contribution in [0.4, 0.5) is 0 Å². The molecule has 2 aliphatic rings. The van der Waals surface area contributed by atoms with E-state index < -0.39 is 11.4 Å². The van der Waals surface area contributed by atoms with E-state index in [9.17, 15) is 14.7 Å². The molecule has 2 N–H and O–H groups in total. The first-order valence-corrected chi connectivity index (χ1v) is 7.77. The molecule has 0 aliphatic carbocycles. The van der Waals surface area contributed by atoms with Gasteiger partial charge in [0.15, 0.2) is 0 Å². The number of nitrogens with one attached hydrogen (secondary N) is 1. The van der Waals surface area contributed by atoms with Gasteiger partial charge in [0.05, 0.1) is 11.0 Å². The number of piperidine rings is 1. The average Bonchev–Trinajstić information content (AvgIpc) is 2.43. The summed E-state index contributed by atoms with van der Waals surface area (Å²) in [5, 5.41) is 12.6. The molecule has 1 amide bonds. The molecule has 0 atom stereocenters. The molecule has 0 bridgehead atoms. The minimum atomic E-state index is -0.722. The number of carboxylic acids is 1. The molecule has 0 aromatic heterocycles. The summed E-state index contributed by atoms with van der Waals surface area (Å²) >= 11 is 0. The minimum Gasteiger partial charge on any atom is -0.481 e. The van der Waals surface area contributed by atoms with Crippen LogP contribution in [0, 0.1) is 5.41 Å². The molecule has 2 fully saturated rings. The number of hydrogen-bond acceptors (Lipinski definition) is 4. The normalized spacial score (nSPS) is 23.4. The number of ether oxygens (including phenoxy) is 1. The number of rotatable bonds is 6. The van der Waals surface area contributed by atoms with Crippen LogP contribution in [-0.4, -0.2) is 60.3 Å². The van der Waals surface area contributed by atoms with Gasteiger partial charge in [-0.05, 0) is 26.2 Å². The number of hydrogen-bond donors (Lipinski definition) is 2. The largest absolute Gasteiger partial charge is 0.481 e. The summed E-state index contributed by atoms with van der Waals surface area (Å²) in [7, 11) is 0. The Morgan fingerprint density at radius 1 is 1.29 bits per heavy atom. The van der Waals surface area contributed by atoms with Gasteiger partial charge in [0.25, 0.3) is 0 Å². The Morgan fingerprint density at radius 3 is 2.33 bits per heavy atom. The fourth-order valence-corrected chi connectivity index (χ4v) is 3.14. The minimum absolute atomic E-state index is 0.0291. The lowest BCUT2D eigenvalue weighted by molar-refractivity contribution is -0.158. The molecule has 0 spiro atoms. The summed E-state index contributed by atoms with van der Waals surface area (Å²) in [6.45, 7) is 6.67. The van der Waals surface area contributed by atoms with Crippen molar-refractivity contribution in [1.82, 2.24) is 10.2 Å². The second kappa shape index (κ2) is 6.32. The van der Waals surface area contributed by atoms with Crippen molar-refractivity contribution < 1.29 is 19.4 Å². The lowest BCUT2D eigenvalue weighted by Crippen LogP contribution is -2.60. The van der Waals surface area contributed by atoms with Crippen molar-refractivity contribution in [3.63, 3.8) is 0 Å². The maximum absolute atomic E-state index is 12.2. The zero-order valence-electron chi connectivity index (χ0n) is 13.0. The topological polar surface area (TPSA) is 78.9 Å². The van der Waals surface area contributed by atoms with Crippen LogP contribution in [0.5, 0.6) is 0 Å². The van der Waals surface area contributed by atoms with Crippen molar-refractivity contribution in [1.29, 1.82) is 0 Å². The zero-order valence-corrected chi connectivity index (χ0v) is 13.0. The second-order valence-electron chi connectivity index (χ2n) is 6.56. The Hall–Kier alpha value is -1.14. The van der Waals surface area contributed by atoms with Crippen molar-refractivity contribution in [3.8, 4) is 0 Å². The van der Waals surface area contributed by atoms with Crippen molar-refractivity contribution in [3.05, 3.63) is 0 Å². The van der Waals surface area contributed by atoms with Gasteiger partial charge in [0.1, 0.15) is 6.61 Å². The summed E-state index contributed by atoms with van der Waals surface area (Å²) in [6.07, 6.45) is 2.63. The standard InChI is InChI=1S/C15H26N2O4/c1-3-4-15(13(19)20)5-7-17(8-6-15)12(18)9-21-14(2)10-16-11-14/h16H,3-11H2,1-2H3,(H,19,20). The summed E-state index contributed by atoms with van der Waals surface area (Å²) in [6, 6.07) is 0. The Labute approximate surface area is 125 Å². The molecule has 0 aromatic rings. The highest BCUT2D eigenvalue weighted by Crippen LogP contribution is 2.36. The van der Waals surface area contributed by atoms with Gasteiger partial charge >= 0.3 is 5.97 Å². The van der Waals surface area contributed by atoms with E-state index in [1.807, 2.05) is 13.8 Å². The van der Waals surface area contributed by atoms with Crippen LogP contribution in [0.1, 0.15) is 39.5 Å². The highest BCUT2D eigenvalue weighted by molar-refractivity contribution is 5.79. The third-order valence-electron chi connectivity index (χ3n) is 4.80. The number of aliphatic carboxylic acids is 1. The van der Waals surface area contributed by atoms with E-state index in [1.165, 1.54) is 0 Å². The quantitative estimate of drug-likeness (QED) is 0.760. The molecule has 2 aliphatic heterocycles. The lowest BCUT2D eigenvalue weighted by atomic mass is 9.75. The van der Waals surface area contributed by atoms with Crippen molar-refractivity contribution >= 4 is 11.9 Å². The summed E-state index contributed by atoms with van der Waals surface area (Å²) in [5.74, 6) is -0.751. The van der Waals surface area contributed by atoms with E-state index in [1.54, 1.807) is 4.90 Å². The molecule has 2 saturated heterocycles. The average molecular weight is 298 g/mol. The number of carbonyl (C=O) groups excluding carboxylic acids is 1. The van der Waals surface area contributed by atoms with E-state index in [0.29, 0.717) is 32.4 Å². The number of amides is 1. The third kappa shape index (κ3) is 3.55. The van der Waals surface area contributed by atoms with Gasteiger partial charge in [-0.1, -0.05) is 13.3 Å². The van der Waals surface area contributed by atoms with Crippen LogP contribution in [0.15, 0.2) is 0 Å². The molecule has 21 heavy (non-hydrogen) atoms. The van der Waals surface area contributed by atoms with Gasteiger partial charge < -0.3 is 20.1 Å². The van der Waals surface area contributed by atoms with Crippen molar-refractivity contribution in [2.45, 2.75) is 45.1 Å². The second-order valence-corrected chi connectivity index (χ2v) is 6.56. The number of likely N-dealkylation sites (tertiary alicyclic amines) is 1. The van der Waals surface area contributed by atoms with Gasteiger partial charge in [0, 0.05) is 26.2 Å². The van der Waals surface area contributed by atoms with E-state index in [0.717, 1.165) is 19.5 Å². The van der Waals surface area contributed by atoms with E-state index in [2.05, 4.69) is 5.32 Å². The third-order valence-corrected chi connectivity index (χ3v) is 4.80. The van der Waals surface area contributed by atoms with E-state index in [4.69, 9.17) is 4.74 Å². The number of nitrogens with zero attached hydrogens (tertiary/aromatic N) is 1. The summed E-state index contributed by atoms with van der Waals surface area (Å²) in [4.78, 5) is 25.4. The highest BCUT2D eigenvalue weighted by Gasteiger charge is 2.42. The van der Waals surface area contributed by atoms with Crippen LogP contribution >= 0.6 is 0 Å². The summed E-state index contributed by atoms with van der Waals surface area (Å²) < 4.78 is 5.66. The Kier molecular flexibility index (Phi) is 4.88. The Balaban J connectivity index is 1.82. The highest BCUT2D eigenvalue weighted by atomic mass is 16.5. The monoisotopic (exact) mass is 298 g/mol. The molecule has 6 heteroatoms. The predicted octanol–water partition coefficient (Wildman–Crippen LogP) is 0.858. The van der Waals surface area contributed by atoms with E-state index >= 15 is 0 Å². The van der Waals surface area contributed by atoms with Crippen molar-refractivity contribution in [2.24, 2.45) is 5.41 Å². The molecule has 0 radical (unpaired) electrons. The first kappa shape index (κ1) is 16.2. The van der Waals surface area contributed by atoms with Crippen LogP contribution in [-0.2, 0) is 14.3 Å². The van der Waals surface area contributed by atoms with Crippen LogP contribution in [0.3, 0.4) is 0 Å². The first-order valence-electron chi connectivity index (χ1n) is 7.77. The van der Waals surface area contributed by atoms with Gasteiger partial charge in [-0.2, -0.15) is 0 Å². The molecular weight excluding hydrogens is 272 g/mol. The molecule has 120 valence electrons. The Morgan fingerprint density at radius 2 is 1.90 bits per heavy atom. The first-order chi connectivity index (χ1) is 9.91. The fourth-order valence-electron chi connectivity index (χ4n) is 3.14. The maximum Gasteiger partial charge on any atom is 0.309 e. The molecule has 0 unspecified atom stereocenters. The van der Waals surface area contributed by atoms with Gasteiger partial charge in [-0.15, -0.1) is 0 Å². The Bertz CT molecular complexity index is 398. The fraction of sp³-hybridized carbons (Fsp3) is 0.867. The van der Waals surface area contributed by atoms with Crippen LogP contribution in [0.25, 0.3) is 0 Å². The number of carboxylic acid groups (broad SMARTS) is 1. The maximum atomic E-state index is 12.2. The zero-order chi connectivity index (χ0) is 15.5. The SMILES string of the molecule is CCCC1(C(=O)O)CCN(C(=O)COC2(C)CNC2)CC1. The van der Waals surface area contributed by atoms with E-state index in [-0.39, 0.29) is 18.1 Å². The van der Waals surface area contributed by atoms with Gasteiger partial charge in [-0.25, -0.2) is 0 Å². The molecule has 0 aromatic carbocycles.